The number of ether oxygens (including phenoxy) is 1. The normalized spacial score (nSPS) is 19.2. The smallest absolute Gasteiger partial charge is 0.306 e. The minimum atomic E-state index is -0.0156. The molecule has 0 radical (unpaired) electrons. The lowest BCUT2D eigenvalue weighted by molar-refractivity contribution is -0.151. The van der Waals surface area contributed by atoms with Gasteiger partial charge in [0, 0.05) is 6.42 Å². The summed E-state index contributed by atoms with van der Waals surface area (Å²) < 4.78 is 5.56. The monoisotopic (exact) mass is 269 g/mol. The Bertz CT molecular complexity index is 264. The second-order valence-corrected chi connectivity index (χ2v) is 6.93. The van der Waals surface area contributed by atoms with Gasteiger partial charge in [-0.05, 0) is 56.4 Å². The molecule has 1 fully saturated rings. The van der Waals surface area contributed by atoms with Crippen molar-refractivity contribution in [2.24, 2.45) is 17.1 Å². The molecule has 2 N–H and O–H groups in total. The van der Waals surface area contributed by atoms with Gasteiger partial charge in [-0.25, -0.2) is 0 Å². The van der Waals surface area contributed by atoms with Crippen molar-refractivity contribution in [3.63, 3.8) is 0 Å². The number of carbonyl (C=O) groups excluding carboxylic acids is 1. The molecule has 0 spiro atoms. The Balaban J connectivity index is 2.30. The summed E-state index contributed by atoms with van der Waals surface area (Å²) in [6, 6.07) is 0. The first-order valence-corrected chi connectivity index (χ1v) is 7.83. The van der Waals surface area contributed by atoms with E-state index in [9.17, 15) is 4.79 Å². The molecule has 0 aromatic heterocycles. The van der Waals surface area contributed by atoms with Gasteiger partial charge in [0.05, 0.1) is 0 Å². The maximum Gasteiger partial charge on any atom is 0.306 e. The summed E-state index contributed by atoms with van der Waals surface area (Å²) in [5, 5.41) is 0. The Labute approximate surface area is 118 Å². The fraction of sp³-hybridized carbons (Fsp3) is 0.938. The zero-order valence-corrected chi connectivity index (χ0v) is 12.9. The van der Waals surface area contributed by atoms with Gasteiger partial charge in [0.2, 0.25) is 0 Å². The van der Waals surface area contributed by atoms with Gasteiger partial charge in [0.1, 0.15) is 6.10 Å². The lowest BCUT2D eigenvalue weighted by Crippen LogP contribution is -2.26. The highest BCUT2D eigenvalue weighted by molar-refractivity contribution is 5.69. The molecule has 0 aromatic carbocycles. The van der Waals surface area contributed by atoms with Gasteiger partial charge in [0.15, 0.2) is 0 Å². The summed E-state index contributed by atoms with van der Waals surface area (Å²) >= 11 is 0. The first-order chi connectivity index (χ1) is 8.93. The minimum absolute atomic E-state index is 0.0156. The van der Waals surface area contributed by atoms with Crippen LogP contribution in [-0.2, 0) is 9.53 Å². The van der Waals surface area contributed by atoms with Gasteiger partial charge in [0.25, 0.3) is 0 Å². The molecule has 3 heteroatoms. The van der Waals surface area contributed by atoms with E-state index in [-0.39, 0.29) is 17.5 Å². The van der Waals surface area contributed by atoms with Crippen molar-refractivity contribution in [1.82, 2.24) is 0 Å². The van der Waals surface area contributed by atoms with Gasteiger partial charge < -0.3 is 10.5 Å². The van der Waals surface area contributed by atoms with E-state index in [1.807, 2.05) is 0 Å². The quantitative estimate of drug-likeness (QED) is 0.749. The lowest BCUT2D eigenvalue weighted by Gasteiger charge is -2.30. The summed E-state index contributed by atoms with van der Waals surface area (Å²) in [4.78, 5) is 11.9. The highest BCUT2D eigenvalue weighted by Gasteiger charge is 2.25. The van der Waals surface area contributed by atoms with Crippen molar-refractivity contribution in [2.75, 3.05) is 6.54 Å². The van der Waals surface area contributed by atoms with Crippen molar-refractivity contribution >= 4 is 5.97 Å². The molecule has 112 valence electrons. The topological polar surface area (TPSA) is 52.3 Å². The number of rotatable bonds is 6. The Morgan fingerprint density at radius 2 is 1.84 bits per heavy atom. The van der Waals surface area contributed by atoms with Crippen LogP contribution in [0, 0.1) is 11.3 Å². The molecule has 0 amide bonds. The van der Waals surface area contributed by atoms with E-state index in [0.717, 1.165) is 25.7 Å². The van der Waals surface area contributed by atoms with Crippen LogP contribution >= 0.6 is 0 Å². The molecule has 1 aliphatic carbocycles. The number of esters is 1. The zero-order valence-electron chi connectivity index (χ0n) is 12.9. The van der Waals surface area contributed by atoms with Gasteiger partial charge in [-0.15, -0.1) is 0 Å². The number of nitrogens with two attached hydrogens (primary N) is 1. The molecule has 1 saturated carbocycles. The van der Waals surface area contributed by atoms with Gasteiger partial charge in [-0.1, -0.05) is 27.2 Å². The van der Waals surface area contributed by atoms with Crippen molar-refractivity contribution in [3.05, 3.63) is 0 Å². The highest BCUT2D eigenvalue weighted by Crippen LogP contribution is 2.32. The molecule has 0 aliphatic heterocycles. The van der Waals surface area contributed by atoms with Crippen LogP contribution < -0.4 is 5.73 Å². The second-order valence-electron chi connectivity index (χ2n) is 6.93. The second kappa shape index (κ2) is 7.88. The van der Waals surface area contributed by atoms with E-state index >= 15 is 0 Å². The fourth-order valence-corrected chi connectivity index (χ4v) is 2.93. The van der Waals surface area contributed by atoms with E-state index in [1.165, 1.54) is 19.3 Å². The van der Waals surface area contributed by atoms with E-state index in [4.69, 9.17) is 10.5 Å². The van der Waals surface area contributed by atoms with Crippen LogP contribution in [0.1, 0.15) is 72.1 Å². The number of carbonyl (C=O) groups is 1. The van der Waals surface area contributed by atoms with E-state index < -0.39 is 0 Å². The summed E-state index contributed by atoms with van der Waals surface area (Å²) in [6.45, 7) is 7.36. The first kappa shape index (κ1) is 16.5. The largest absolute Gasteiger partial charge is 0.462 e. The molecule has 0 aromatic rings. The Morgan fingerprint density at radius 3 is 2.37 bits per heavy atom. The van der Waals surface area contributed by atoms with Crippen molar-refractivity contribution in [1.29, 1.82) is 0 Å². The molecule has 1 aliphatic rings. The fourth-order valence-electron chi connectivity index (χ4n) is 2.93. The predicted molar refractivity (Wildman–Crippen MR) is 78.8 cm³/mol. The molecule has 1 atom stereocenters. The van der Waals surface area contributed by atoms with Crippen molar-refractivity contribution in [2.45, 2.75) is 78.2 Å². The Morgan fingerprint density at radius 1 is 1.21 bits per heavy atom. The summed E-state index contributed by atoms with van der Waals surface area (Å²) in [7, 11) is 0. The third-order valence-corrected chi connectivity index (χ3v) is 4.29. The maximum atomic E-state index is 11.9. The lowest BCUT2D eigenvalue weighted by atomic mass is 9.76. The minimum Gasteiger partial charge on any atom is -0.462 e. The third kappa shape index (κ3) is 6.42. The average Bonchev–Trinajstić information content (AvgIpc) is 2.34. The van der Waals surface area contributed by atoms with Crippen molar-refractivity contribution < 1.29 is 9.53 Å². The molecular formula is C16H31NO2. The predicted octanol–water partition coefficient (Wildman–Crippen LogP) is 3.65. The molecule has 1 unspecified atom stereocenters. The Kier molecular flexibility index (Phi) is 6.84. The molecular weight excluding hydrogens is 238 g/mol. The van der Waals surface area contributed by atoms with Gasteiger partial charge in [-0.3, -0.25) is 4.79 Å². The molecule has 19 heavy (non-hydrogen) atoms. The average molecular weight is 269 g/mol. The highest BCUT2D eigenvalue weighted by atomic mass is 16.5. The Hall–Kier alpha value is -0.570. The summed E-state index contributed by atoms with van der Waals surface area (Å²) in [5.74, 6) is 0.481. The molecule has 0 heterocycles. The standard InChI is InChI=1S/C16H31NO2/c1-16(2,3)13(11-12-17)9-10-15(18)19-14-7-5-4-6-8-14/h13-14H,4-12,17H2,1-3H3. The number of hydrogen-bond acceptors (Lipinski definition) is 3. The molecule has 1 rings (SSSR count). The maximum absolute atomic E-state index is 11.9. The molecule has 3 nitrogen and oxygen atoms in total. The zero-order chi connectivity index (χ0) is 14.3. The first-order valence-electron chi connectivity index (χ1n) is 7.83. The summed E-state index contributed by atoms with van der Waals surface area (Å²) in [6.07, 6.45) is 8.41. The van der Waals surface area contributed by atoms with Crippen LogP contribution in [-0.4, -0.2) is 18.6 Å². The van der Waals surface area contributed by atoms with E-state index in [1.54, 1.807) is 0 Å². The van der Waals surface area contributed by atoms with Crippen LogP contribution in [0.5, 0.6) is 0 Å². The SMILES string of the molecule is CC(C)(C)C(CCN)CCC(=O)OC1CCCCC1. The number of hydrogen-bond donors (Lipinski definition) is 1. The molecule has 0 saturated heterocycles. The summed E-state index contributed by atoms with van der Waals surface area (Å²) in [5.41, 5.74) is 5.88. The van der Waals surface area contributed by atoms with E-state index in [0.29, 0.717) is 18.9 Å². The van der Waals surface area contributed by atoms with Crippen LogP contribution in [0.2, 0.25) is 0 Å². The van der Waals surface area contributed by atoms with Crippen LogP contribution in [0.4, 0.5) is 0 Å². The van der Waals surface area contributed by atoms with Crippen LogP contribution in [0.3, 0.4) is 0 Å². The van der Waals surface area contributed by atoms with Crippen LogP contribution in [0.15, 0.2) is 0 Å². The van der Waals surface area contributed by atoms with Crippen molar-refractivity contribution in [3.8, 4) is 0 Å². The van der Waals surface area contributed by atoms with Gasteiger partial charge >= 0.3 is 5.97 Å². The van der Waals surface area contributed by atoms with Crippen LogP contribution in [0.25, 0.3) is 0 Å². The van der Waals surface area contributed by atoms with E-state index in [2.05, 4.69) is 20.8 Å². The van der Waals surface area contributed by atoms with Gasteiger partial charge in [-0.2, -0.15) is 0 Å². The third-order valence-electron chi connectivity index (χ3n) is 4.29. The molecule has 0 bridgehead atoms.